The van der Waals surface area contributed by atoms with E-state index < -0.39 is 62.7 Å². The number of likely N-dealkylation sites (N-methyl/N-ethyl adjacent to an activating group) is 1. The van der Waals surface area contributed by atoms with Gasteiger partial charge in [0, 0.05) is 13.1 Å². The zero-order valence-electron chi connectivity index (χ0n) is 21.5. The lowest BCUT2D eigenvalue weighted by atomic mass is 10.1. The molecule has 0 bridgehead atoms. The first-order chi connectivity index (χ1) is 18.8. The number of carbonyl (C=O) groups excluding carboxylic acids is 2. The Kier molecular flexibility index (Phi) is 9.80. The summed E-state index contributed by atoms with van der Waals surface area (Å²) in [6.45, 7) is 2.20. The van der Waals surface area contributed by atoms with Crippen LogP contribution in [0.25, 0.3) is 0 Å². The molecule has 1 unspecified atom stereocenters. The van der Waals surface area contributed by atoms with E-state index in [9.17, 15) is 35.6 Å². The van der Waals surface area contributed by atoms with E-state index in [1.807, 2.05) is 0 Å². The van der Waals surface area contributed by atoms with Crippen molar-refractivity contribution in [3.8, 4) is 0 Å². The Bertz CT molecular complexity index is 1450. The second-order valence-electron chi connectivity index (χ2n) is 8.71. The van der Waals surface area contributed by atoms with Crippen LogP contribution >= 0.6 is 11.6 Å². The third-order valence-corrected chi connectivity index (χ3v) is 8.06. The number of sulfonamides is 1. The van der Waals surface area contributed by atoms with Crippen molar-refractivity contribution in [2.45, 2.75) is 37.5 Å². The number of hydrogen-bond donors (Lipinski definition) is 1. The highest BCUT2D eigenvalue weighted by Crippen LogP contribution is 2.38. The molecule has 0 aromatic heterocycles. The Morgan fingerprint density at radius 1 is 1.00 bits per heavy atom. The summed E-state index contributed by atoms with van der Waals surface area (Å²) in [7, 11) is -4.57. The van der Waals surface area contributed by atoms with Gasteiger partial charge >= 0.3 is 6.18 Å². The van der Waals surface area contributed by atoms with Crippen LogP contribution in [-0.4, -0.2) is 44.3 Å². The summed E-state index contributed by atoms with van der Waals surface area (Å²) in [5, 5.41) is 1.93. The summed E-state index contributed by atoms with van der Waals surface area (Å²) in [6.07, 6.45) is -4.90. The number of amides is 2. The van der Waals surface area contributed by atoms with E-state index in [2.05, 4.69) is 5.32 Å². The molecule has 3 rings (SSSR count). The average Bonchev–Trinajstić information content (AvgIpc) is 2.91. The number of benzene rings is 3. The van der Waals surface area contributed by atoms with Gasteiger partial charge in [0.15, 0.2) is 0 Å². The number of anilines is 1. The highest BCUT2D eigenvalue weighted by atomic mass is 35.5. The summed E-state index contributed by atoms with van der Waals surface area (Å²) in [4.78, 5) is 27.2. The van der Waals surface area contributed by atoms with Crippen molar-refractivity contribution < 1.29 is 35.6 Å². The topological polar surface area (TPSA) is 86.8 Å². The predicted octanol–water partition coefficient (Wildman–Crippen LogP) is 5.25. The molecule has 1 N–H and O–H groups in total. The van der Waals surface area contributed by atoms with Gasteiger partial charge in [-0.3, -0.25) is 13.9 Å². The van der Waals surface area contributed by atoms with Crippen molar-refractivity contribution in [1.29, 1.82) is 0 Å². The second kappa shape index (κ2) is 12.7. The summed E-state index contributed by atoms with van der Waals surface area (Å²) in [5.74, 6) is -1.95. The molecule has 0 heterocycles. The minimum Gasteiger partial charge on any atom is -0.355 e. The third kappa shape index (κ3) is 7.30. The van der Waals surface area contributed by atoms with Crippen LogP contribution in [-0.2, 0) is 32.3 Å². The normalized spacial score (nSPS) is 12.5. The molecular weight excluding hydrogens is 574 g/mol. The molecule has 0 aliphatic rings. The van der Waals surface area contributed by atoms with Crippen LogP contribution in [0, 0.1) is 5.82 Å². The predicted molar refractivity (Wildman–Crippen MR) is 143 cm³/mol. The molecule has 0 radical (unpaired) electrons. The first-order valence-corrected chi connectivity index (χ1v) is 13.8. The van der Waals surface area contributed by atoms with E-state index in [1.165, 1.54) is 43.3 Å². The van der Waals surface area contributed by atoms with E-state index in [0.717, 1.165) is 29.2 Å². The second-order valence-corrected chi connectivity index (χ2v) is 11.0. The van der Waals surface area contributed by atoms with Crippen molar-refractivity contribution in [3.63, 3.8) is 0 Å². The zero-order chi connectivity index (χ0) is 29.7. The third-order valence-electron chi connectivity index (χ3n) is 5.94. The molecule has 3 aromatic carbocycles. The Morgan fingerprint density at radius 3 is 2.20 bits per heavy atom. The first-order valence-electron chi connectivity index (χ1n) is 12.0. The first kappa shape index (κ1) is 30.9. The standard InChI is InChI=1S/C27H26ClF4N3O4S/c1-3-33-26(37)18(2)34(16-19-9-11-20(29)12-10-19)25(36)17-35(40(38,39)22-7-5-4-6-8-22)21-13-14-24(28)23(15-21)27(30,31)32/h4-15,18H,3,16-17H2,1-2H3,(H,33,37). The quantitative estimate of drug-likeness (QED) is 0.323. The molecular formula is C27H26ClF4N3O4S. The molecule has 40 heavy (non-hydrogen) atoms. The molecule has 0 fully saturated rings. The van der Waals surface area contributed by atoms with Crippen LogP contribution in [0.5, 0.6) is 0 Å². The van der Waals surface area contributed by atoms with Crippen molar-refractivity contribution >= 4 is 39.1 Å². The molecule has 13 heteroatoms. The van der Waals surface area contributed by atoms with Crippen LogP contribution < -0.4 is 9.62 Å². The largest absolute Gasteiger partial charge is 0.417 e. The SMILES string of the molecule is CCNC(=O)C(C)N(Cc1ccc(F)cc1)C(=O)CN(c1ccc(Cl)c(C(F)(F)F)c1)S(=O)(=O)c1ccccc1. The van der Waals surface area contributed by atoms with Gasteiger partial charge in [0.2, 0.25) is 11.8 Å². The van der Waals surface area contributed by atoms with Gasteiger partial charge in [-0.25, -0.2) is 12.8 Å². The summed E-state index contributed by atoms with van der Waals surface area (Å²) >= 11 is 5.75. The maximum atomic E-state index is 13.7. The van der Waals surface area contributed by atoms with Crippen LogP contribution in [0.15, 0.2) is 77.7 Å². The summed E-state index contributed by atoms with van der Waals surface area (Å²) in [5.41, 5.74) is -1.30. The Morgan fingerprint density at radius 2 is 1.62 bits per heavy atom. The van der Waals surface area contributed by atoms with Gasteiger partial charge in [0.05, 0.1) is 21.2 Å². The average molecular weight is 600 g/mol. The van der Waals surface area contributed by atoms with Crippen LogP contribution in [0.1, 0.15) is 25.0 Å². The fraction of sp³-hybridized carbons (Fsp3) is 0.259. The lowest BCUT2D eigenvalue weighted by Gasteiger charge is -2.32. The van der Waals surface area contributed by atoms with Gasteiger partial charge < -0.3 is 10.2 Å². The highest BCUT2D eigenvalue weighted by molar-refractivity contribution is 7.92. The number of halogens is 5. The monoisotopic (exact) mass is 599 g/mol. The molecule has 7 nitrogen and oxygen atoms in total. The van der Waals surface area contributed by atoms with Crippen molar-refractivity contribution in [2.75, 3.05) is 17.4 Å². The van der Waals surface area contributed by atoms with Gasteiger partial charge in [-0.05, 0) is 61.9 Å². The fourth-order valence-electron chi connectivity index (χ4n) is 3.83. The summed E-state index contributed by atoms with van der Waals surface area (Å²) < 4.78 is 82.2. The molecule has 3 aromatic rings. The maximum absolute atomic E-state index is 13.7. The number of nitrogens with zero attached hydrogens (tertiary/aromatic N) is 2. The van der Waals surface area contributed by atoms with Gasteiger partial charge in [-0.1, -0.05) is 41.9 Å². The molecule has 0 aliphatic heterocycles. The smallest absolute Gasteiger partial charge is 0.355 e. The van der Waals surface area contributed by atoms with E-state index in [1.54, 1.807) is 13.0 Å². The Labute approximate surface area is 234 Å². The molecule has 2 amide bonds. The van der Waals surface area contributed by atoms with Gasteiger partial charge in [-0.15, -0.1) is 0 Å². The minimum absolute atomic E-state index is 0.203. The molecule has 214 valence electrons. The lowest BCUT2D eigenvalue weighted by molar-refractivity contribution is -0.139. The Hall–Kier alpha value is -3.64. The van der Waals surface area contributed by atoms with E-state index >= 15 is 0 Å². The van der Waals surface area contributed by atoms with Gasteiger partial charge in [0.1, 0.15) is 18.4 Å². The van der Waals surface area contributed by atoms with Crippen molar-refractivity contribution in [2.24, 2.45) is 0 Å². The number of alkyl halides is 3. The van der Waals surface area contributed by atoms with E-state index in [4.69, 9.17) is 11.6 Å². The van der Waals surface area contributed by atoms with Gasteiger partial charge in [0.25, 0.3) is 10.0 Å². The minimum atomic E-state index is -4.90. The maximum Gasteiger partial charge on any atom is 0.417 e. The fourth-order valence-corrected chi connectivity index (χ4v) is 5.48. The molecule has 1 atom stereocenters. The van der Waals surface area contributed by atoms with Crippen LogP contribution in [0.4, 0.5) is 23.2 Å². The molecule has 0 spiro atoms. The molecule has 0 saturated carbocycles. The van der Waals surface area contributed by atoms with Crippen LogP contribution in [0.2, 0.25) is 5.02 Å². The highest BCUT2D eigenvalue weighted by Gasteiger charge is 2.36. The molecule has 0 aliphatic carbocycles. The number of carbonyl (C=O) groups is 2. The van der Waals surface area contributed by atoms with Gasteiger partial charge in [-0.2, -0.15) is 13.2 Å². The van der Waals surface area contributed by atoms with Crippen molar-refractivity contribution in [3.05, 3.63) is 94.8 Å². The number of hydrogen-bond acceptors (Lipinski definition) is 4. The number of nitrogens with one attached hydrogen (secondary N) is 1. The zero-order valence-corrected chi connectivity index (χ0v) is 23.0. The molecule has 0 saturated heterocycles. The number of rotatable bonds is 10. The van der Waals surface area contributed by atoms with E-state index in [-0.39, 0.29) is 18.0 Å². The van der Waals surface area contributed by atoms with Crippen LogP contribution in [0.3, 0.4) is 0 Å². The summed E-state index contributed by atoms with van der Waals surface area (Å²) in [6, 6.07) is 13.4. The lowest BCUT2D eigenvalue weighted by Crippen LogP contribution is -2.51. The van der Waals surface area contributed by atoms with Crippen molar-refractivity contribution in [1.82, 2.24) is 10.2 Å². The van der Waals surface area contributed by atoms with E-state index in [0.29, 0.717) is 15.9 Å². The Balaban J connectivity index is 2.10.